The van der Waals surface area contributed by atoms with Crippen molar-refractivity contribution in [2.75, 3.05) is 53.7 Å². The van der Waals surface area contributed by atoms with Crippen molar-refractivity contribution in [3.8, 4) is 33.6 Å². The van der Waals surface area contributed by atoms with E-state index in [2.05, 4.69) is 89.8 Å². The molecule has 4 fully saturated rings. The minimum atomic E-state index is -1.11. The van der Waals surface area contributed by atoms with Gasteiger partial charge in [0.1, 0.15) is 23.7 Å². The van der Waals surface area contributed by atoms with E-state index >= 15 is 0 Å². The van der Waals surface area contributed by atoms with Gasteiger partial charge in [-0.3, -0.25) is 14.5 Å². The van der Waals surface area contributed by atoms with E-state index in [-0.39, 0.29) is 47.6 Å². The Hall–Kier alpha value is -6.26. The summed E-state index contributed by atoms with van der Waals surface area (Å²) < 4.78 is 16.0. The van der Waals surface area contributed by atoms with Crippen molar-refractivity contribution in [1.82, 2.24) is 40.0 Å². The number of carbonyl (C=O) groups excluding carboxylic acids is 3. The molecule has 16 nitrogen and oxygen atoms in total. The summed E-state index contributed by atoms with van der Waals surface area (Å²) in [5, 5.41) is 14.9. The van der Waals surface area contributed by atoms with Gasteiger partial charge in [-0.2, -0.15) is 0 Å². The molecule has 6 heterocycles. The molecule has 16 heteroatoms. The van der Waals surface area contributed by atoms with Crippen LogP contribution in [-0.2, 0) is 23.8 Å². The van der Waals surface area contributed by atoms with Crippen LogP contribution in [0, 0.1) is 23.7 Å². The van der Waals surface area contributed by atoms with Crippen molar-refractivity contribution >= 4 is 34.8 Å². The van der Waals surface area contributed by atoms with E-state index < -0.39 is 24.3 Å². The molecule has 2 aromatic heterocycles. The summed E-state index contributed by atoms with van der Waals surface area (Å²) >= 11 is 0. The molecular weight excluding hydrogens is 841 g/mol. The van der Waals surface area contributed by atoms with Gasteiger partial charge in [0.2, 0.25) is 11.8 Å². The standard InChI is InChI=1S/C50H60N8O8/c1-29-21-41(57(27-29)47(59)43(55-49(61)64-4)33-13-17-65-18-14-33)45-52-26-40(54-45)38-12-11-36-23-35(9-10-37(36)24-38)31-5-7-32(8-6-31)39-25-51-46(53-39)42-22-30(2)28-58(42)48(60)44(56(3)50(62)63)34-15-19-66-20-16-34/h5-12,23-26,29-30,33-34,41-44H,13-22,27-28H2,1-4H3,(H,51,53)(H,52,54)(H,55,61)(H,62,63)/t29-,30-,41-,42-,43?,44?/m0/s1. The zero-order chi connectivity index (χ0) is 46.1. The predicted molar refractivity (Wildman–Crippen MR) is 247 cm³/mol. The lowest BCUT2D eigenvalue weighted by Crippen LogP contribution is -2.53. The second kappa shape index (κ2) is 19.3. The first kappa shape index (κ1) is 44.9. The highest BCUT2D eigenvalue weighted by atomic mass is 16.5. The highest BCUT2D eigenvalue weighted by Crippen LogP contribution is 2.39. The Kier molecular flexibility index (Phi) is 13.1. The molecule has 4 N–H and O–H groups in total. The average Bonchev–Trinajstić information content (AvgIpc) is 4.18. The molecule has 5 aromatic rings. The topological polar surface area (TPSA) is 195 Å². The minimum absolute atomic E-state index is 0.0416. The largest absolute Gasteiger partial charge is 0.465 e. The van der Waals surface area contributed by atoms with Crippen LogP contribution in [0.3, 0.4) is 0 Å². The maximum absolute atomic E-state index is 14.2. The number of methoxy groups -OCH3 is 1. The van der Waals surface area contributed by atoms with Crippen LogP contribution in [0.25, 0.3) is 44.4 Å². The molecule has 348 valence electrons. The maximum atomic E-state index is 14.2. The van der Waals surface area contributed by atoms with Gasteiger partial charge in [-0.25, -0.2) is 19.6 Å². The van der Waals surface area contributed by atoms with Crippen LogP contribution in [0.15, 0.2) is 73.1 Å². The number of likely N-dealkylation sites (tertiary alicyclic amines) is 2. The normalized spacial score (nSPS) is 22.6. The quantitative estimate of drug-likeness (QED) is 0.102. The number of aromatic nitrogens is 4. The fourth-order valence-corrected chi connectivity index (χ4v) is 10.6. The average molecular weight is 901 g/mol. The number of hydrogen-bond donors (Lipinski definition) is 4. The highest BCUT2D eigenvalue weighted by molar-refractivity contribution is 5.91. The van der Waals surface area contributed by atoms with Crippen LogP contribution >= 0.6 is 0 Å². The van der Waals surface area contributed by atoms with Crippen LogP contribution in [0.2, 0.25) is 0 Å². The number of carbonyl (C=O) groups is 4. The number of hydrogen-bond acceptors (Lipinski definition) is 9. The van der Waals surface area contributed by atoms with Crippen LogP contribution in [0.5, 0.6) is 0 Å². The Morgan fingerprint density at radius 1 is 0.712 bits per heavy atom. The summed E-state index contributed by atoms with van der Waals surface area (Å²) in [4.78, 5) is 74.5. The van der Waals surface area contributed by atoms with Crippen molar-refractivity contribution in [3.05, 3.63) is 84.7 Å². The van der Waals surface area contributed by atoms with E-state index in [1.807, 2.05) is 22.2 Å². The third-order valence-corrected chi connectivity index (χ3v) is 14.2. The van der Waals surface area contributed by atoms with Crippen molar-refractivity contribution < 1.29 is 38.5 Å². The summed E-state index contributed by atoms with van der Waals surface area (Å²) in [6.07, 6.45) is 6.19. The molecule has 3 aromatic carbocycles. The number of imidazole rings is 2. The first-order valence-corrected chi connectivity index (χ1v) is 23.3. The number of aromatic amines is 2. The Balaban J connectivity index is 0.879. The zero-order valence-electron chi connectivity index (χ0n) is 38.1. The van der Waals surface area contributed by atoms with Gasteiger partial charge >= 0.3 is 12.2 Å². The van der Waals surface area contributed by atoms with Crippen molar-refractivity contribution in [3.63, 3.8) is 0 Å². The molecule has 0 bridgehead atoms. The van der Waals surface area contributed by atoms with Crippen molar-refractivity contribution in [2.45, 2.75) is 76.5 Å². The van der Waals surface area contributed by atoms with E-state index in [0.29, 0.717) is 71.0 Å². The third kappa shape index (κ3) is 9.25. The molecule has 6 atom stereocenters. The lowest BCUT2D eigenvalue weighted by molar-refractivity contribution is -0.140. The number of nitrogens with one attached hydrogen (secondary N) is 3. The van der Waals surface area contributed by atoms with Crippen LogP contribution < -0.4 is 5.32 Å². The number of nitrogens with zero attached hydrogens (tertiary/aromatic N) is 5. The number of amides is 4. The zero-order valence-corrected chi connectivity index (χ0v) is 38.1. The van der Waals surface area contributed by atoms with E-state index in [0.717, 1.165) is 63.1 Å². The monoisotopic (exact) mass is 900 g/mol. The lowest BCUT2D eigenvalue weighted by Gasteiger charge is -2.37. The number of likely N-dealkylation sites (N-methyl/N-ethyl adjacent to an activating group) is 1. The Morgan fingerprint density at radius 2 is 1.20 bits per heavy atom. The Labute approximate surface area is 384 Å². The summed E-state index contributed by atoms with van der Waals surface area (Å²) in [7, 11) is 2.80. The second-order valence-electron chi connectivity index (χ2n) is 18.7. The first-order chi connectivity index (χ1) is 31.9. The van der Waals surface area contributed by atoms with Crippen LogP contribution in [0.4, 0.5) is 9.59 Å². The van der Waals surface area contributed by atoms with E-state index in [4.69, 9.17) is 24.2 Å². The van der Waals surface area contributed by atoms with Crippen LogP contribution in [-0.4, -0.2) is 130 Å². The van der Waals surface area contributed by atoms with Gasteiger partial charge in [0, 0.05) is 70.1 Å². The number of ether oxygens (including phenoxy) is 3. The second-order valence-corrected chi connectivity index (χ2v) is 18.7. The molecule has 0 aliphatic carbocycles. The number of rotatable bonds is 11. The van der Waals surface area contributed by atoms with Crippen molar-refractivity contribution in [2.24, 2.45) is 23.7 Å². The molecule has 4 aliphatic rings. The fourth-order valence-electron chi connectivity index (χ4n) is 10.6. The van der Waals surface area contributed by atoms with Gasteiger partial charge in [-0.05, 0) is 96.2 Å². The maximum Gasteiger partial charge on any atom is 0.407 e. The van der Waals surface area contributed by atoms with Gasteiger partial charge in [0.15, 0.2) is 0 Å². The van der Waals surface area contributed by atoms with Gasteiger partial charge in [0.25, 0.3) is 0 Å². The number of fused-ring (bicyclic) bond motifs is 1. The molecule has 4 saturated heterocycles. The molecule has 0 radical (unpaired) electrons. The predicted octanol–water partition coefficient (Wildman–Crippen LogP) is 7.66. The first-order valence-electron chi connectivity index (χ1n) is 23.3. The van der Waals surface area contributed by atoms with Gasteiger partial charge in [-0.15, -0.1) is 0 Å². The molecule has 4 amide bonds. The SMILES string of the molecule is COC(=O)NC(C(=O)N1C[C@@H](C)C[C@H]1c1nc(-c2ccc3cc(-c4ccc(-c5c[nH]c([C@@H]6C[C@H](C)CN6C(=O)C(C6CCOCC6)N(C)C(=O)O)n5)cc4)ccc3c2)c[nH]1)C1CCOCC1. The van der Waals surface area contributed by atoms with Gasteiger partial charge in [-0.1, -0.05) is 62.4 Å². The van der Waals surface area contributed by atoms with E-state index in [1.165, 1.54) is 19.1 Å². The molecule has 0 saturated carbocycles. The van der Waals surface area contributed by atoms with E-state index in [9.17, 15) is 24.3 Å². The van der Waals surface area contributed by atoms with E-state index in [1.54, 1.807) is 0 Å². The number of alkyl carbamates (subject to hydrolysis) is 1. The molecular formula is C50H60N8O8. The van der Waals surface area contributed by atoms with Crippen molar-refractivity contribution in [1.29, 1.82) is 0 Å². The summed E-state index contributed by atoms with van der Waals surface area (Å²) in [6.45, 7) is 7.50. The van der Waals surface area contributed by atoms with Crippen LogP contribution in [0.1, 0.15) is 76.1 Å². The molecule has 66 heavy (non-hydrogen) atoms. The lowest BCUT2D eigenvalue weighted by atomic mass is 9.89. The summed E-state index contributed by atoms with van der Waals surface area (Å²) in [5.41, 5.74) is 5.61. The van der Waals surface area contributed by atoms with Gasteiger partial charge in [0.05, 0.1) is 30.6 Å². The summed E-state index contributed by atoms with van der Waals surface area (Å²) in [6, 6.07) is 19.0. The number of carboxylic acid groups (broad SMARTS) is 1. The molecule has 0 spiro atoms. The Bertz CT molecular complexity index is 2550. The summed E-state index contributed by atoms with van der Waals surface area (Å²) in [5.74, 6) is 1.48. The highest BCUT2D eigenvalue weighted by Gasteiger charge is 2.45. The molecule has 9 rings (SSSR count). The third-order valence-electron chi connectivity index (χ3n) is 14.2. The Morgan fingerprint density at radius 3 is 1.76 bits per heavy atom. The minimum Gasteiger partial charge on any atom is -0.465 e. The van der Waals surface area contributed by atoms with Gasteiger partial charge < -0.3 is 44.4 Å². The molecule has 2 unspecified atom stereocenters. The number of benzene rings is 3. The molecule has 4 aliphatic heterocycles. The number of H-pyrrole nitrogens is 2. The smallest absolute Gasteiger partial charge is 0.407 e. The fraction of sp³-hybridized carbons (Fsp3) is 0.480.